The number of hydrogen-bond donors (Lipinski definition) is 0. The highest BCUT2D eigenvalue weighted by molar-refractivity contribution is 7.92. The number of amidine groups is 1. The topological polar surface area (TPSA) is 102 Å². The van der Waals surface area contributed by atoms with E-state index in [4.69, 9.17) is 21.6 Å². The molecule has 0 saturated carbocycles. The Labute approximate surface area is 275 Å². The van der Waals surface area contributed by atoms with E-state index in [1.54, 1.807) is 29.2 Å². The van der Waals surface area contributed by atoms with Crippen molar-refractivity contribution in [2.45, 2.75) is 59.2 Å². The van der Waals surface area contributed by atoms with Gasteiger partial charge in [-0.05, 0) is 76.7 Å². The molecule has 244 valence electrons. The van der Waals surface area contributed by atoms with Crippen molar-refractivity contribution in [3.05, 3.63) is 82.4 Å². The first-order valence-corrected chi connectivity index (χ1v) is 16.9. The van der Waals surface area contributed by atoms with Crippen LogP contribution in [0.25, 0.3) is 11.3 Å². The summed E-state index contributed by atoms with van der Waals surface area (Å²) >= 11 is 6.82. The van der Waals surface area contributed by atoms with E-state index in [0.29, 0.717) is 42.1 Å². The van der Waals surface area contributed by atoms with Crippen LogP contribution in [0.5, 0.6) is 0 Å². The molecular formula is C33H39ClFN7O3S. The number of aromatic nitrogens is 2. The zero-order valence-corrected chi connectivity index (χ0v) is 28.7. The Morgan fingerprint density at radius 3 is 2.46 bits per heavy atom. The molecule has 1 amide bonds. The van der Waals surface area contributed by atoms with E-state index in [9.17, 15) is 13.2 Å². The fourth-order valence-corrected chi connectivity index (χ4v) is 7.64. The van der Waals surface area contributed by atoms with Crippen LogP contribution in [-0.2, 0) is 21.5 Å². The molecule has 0 aliphatic carbocycles. The fourth-order valence-electron chi connectivity index (χ4n) is 6.06. The van der Waals surface area contributed by atoms with Gasteiger partial charge >= 0.3 is 10.2 Å². The molecule has 0 radical (unpaired) electrons. The quantitative estimate of drug-likeness (QED) is 0.312. The number of amides is 1. The summed E-state index contributed by atoms with van der Waals surface area (Å²) in [5.74, 6) is -0.703. The van der Waals surface area contributed by atoms with Gasteiger partial charge in [0.25, 0.3) is 0 Å². The van der Waals surface area contributed by atoms with E-state index in [-0.39, 0.29) is 51.8 Å². The summed E-state index contributed by atoms with van der Waals surface area (Å²) in [6.07, 6.45) is 1.27. The lowest BCUT2D eigenvalue weighted by molar-refractivity contribution is -0.130. The van der Waals surface area contributed by atoms with Crippen LogP contribution in [-0.4, -0.2) is 84.1 Å². The zero-order chi connectivity index (χ0) is 33.7. The molecule has 46 heavy (non-hydrogen) atoms. The number of halogens is 2. The summed E-state index contributed by atoms with van der Waals surface area (Å²) in [6, 6.07) is 8.97. The number of rotatable bonds is 6. The van der Waals surface area contributed by atoms with Gasteiger partial charge < -0.3 is 14.7 Å². The number of carbonyl (C=O) groups excluding carboxylic acids is 1. The van der Waals surface area contributed by atoms with Gasteiger partial charge in [0.2, 0.25) is 5.91 Å². The van der Waals surface area contributed by atoms with Gasteiger partial charge in [0.1, 0.15) is 5.82 Å². The minimum atomic E-state index is -4.47. The van der Waals surface area contributed by atoms with Crippen LogP contribution in [0.2, 0.25) is 5.02 Å². The molecule has 1 fully saturated rings. The van der Waals surface area contributed by atoms with Crippen LogP contribution in [0.15, 0.2) is 53.5 Å². The van der Waals surface area contributed by atoms with Crippen molar-refractivity contribution in [1.29, 1.82) is 0 Å². The molecule has 3 aromatic rings. The zero-order valence-electron chi connectivity index (χ0n) is 27.1. The van der Waals surface area contributed by atoms with E-state index in [1.165, 1.54) is 12.1 Å². The number of benzene rings is 1. The lowest BCUT2D eigenvalue weighted by Crippen LogP contribution is -2.60. The standard InChI is InChI=1S/C33H39ClFN7O3S/c1-9-28(43)40-16-22(6)41(17-21(40)5)33-25-15-26(34)30(24-12-10-11-13-27(24)35)37-32(25)42(46(44,45)38-33)31-20(4)14-23(18-39(7)8)36-29(31)19(2)3/h9-15,19,21-22H,1,16-18H2,2-8H3/t21-,22+/m1/s1. The first-order valence-electron chi connectivity index (χ1n) is 15.1. The highest BCUT2D eigenvalue weighted by Gasteiger charge is 2.42. The third kappa shape index (κ3) is 6.13. The van der Waals surface area contributed by atoms with Crippen molar-refractivity contribution >= 4 is 45.1 Å². The van der Waals surface area contributed by atoms with E-state index in [1.807, 2.05) is 64.6 Å². The van der Waals surface area contributed by atoms with Crippen molar-refractivity contribution in [1.82, 2.24) is 24.7 Å². The Hall–Kier alpha value is -3.87. The fraction of sp³-hybridized carbons (Fsp3) is 0.394. The highest BCUT2D eigenvalue weighted by atomic mass is 35.5. The van der Waals surface area contributed by atoms with Gasteiger partial charge in [-0.3, -0.25) is 9.78 Å². The molecule has 2 aromatic heterocycles. The van der Waals surface area contributed by atoms with Crippen LogP contribution in [0.1, 0.15) is 56.1 Å². The van der Waals surface area contributed by atoms with Gasteiger partial charge in [-0.25, -0.2) is 9.37 Å². The van der Waals surface area contributed by atoms with Crippen LogP contribution in [0.3, 0.4) is 0 Å². The average molecular weight is 668 g/mol. The van der Waals surface area contributed by atoms with Crippen LogP contribution >= 0.6 is 11.6 Å². The predicted octanol–water partition coefficient (Wildman–Crippen LogP) is 5.68. The van der Waals surface area contributed by atoms with E-state index < -0.39 is 16.0 Å². The second kappa shape index (κ2) is 12.7. The summed E-state index contributed by atoms with van der Waals surface area (Å²) in [5, 5.41) is 0.136. The third-order valence-corrected chi connectivity index (χ3v) is 9.67. The summed E-state index contributed by atoms with van der Waals surface area (Å²) in [4.78, 5) is 27.8. The van der Waals surface area contributed by atoms with Gasteiger partial charge in [-0.1, -0.05) is 44.2 Å². The monoisotopic (exact) mass is 667 g/mol. The molecule has 0 N–H and O–H groups in total. The first-order chi connectivity index (χ1) is 21.6. The molecule has 4 heterocycles. The molecule has 0 unspecified atom stereocenters. The highest BCUT2D eigenvalue weighted by Crippen LogP contribution is 2.44. The molecule has 2 aliphatic heterocycles. The normalized spacial score (nSPS) is 19.4. The van der Waals surface area contributed by atoms with E-state index in [0.717, 1.165) is 10.00 Å². The van der Waals surface area contributed by atoms with Gasteiger partial charge in [-0.15, -0.1) is 4.40 Å². The van der Waals surface area contributed by atoms with Crippen LogP contribution < -0.4 is 4.31 Å². The maximum absolute atomic E-state index is 15.1. The van der Waals surface area contributed by atoms with Gasteiger partial charge in [0.15, 0.2) is 11.7 Å². The van der Waals surface area contributed by atoms with Crippen molar-refractivity contribution < 1.29 is 17.6 Å². The molecule has 1 saturated heterocycles. The number of aryl methyl sites for hydroxylation is 1. The maximum Gasteiger partial charge on any atom is 0.352 e. The SMILES string of the molecule is C=CC(=O)N1C[C@H](C)N(C2=NS(=O)(=O)N(c3c(C)cc(CN(C)C)nc3C(C)C)c3nc(-c4ccccc4F)c(Cl)cc32)C[C@H]1C. The average Bonchev–Trinajstić information content (AvgIpc) is 2.97. The van der Waals surface area contributed by atoms with Crippen molar-refractivity contribution in [3.8, 4) is 11.3 Å². The molecule has 0 bridgehead atoms. The third-order valence-electron chi connectivity index (χ3n) is 8.16. The van der Waals surface area contributed by atoms with Crippen molar-refractivity contribution in [2.24, 2.45) is 4.40 Å². The van der Waals surface area contributed by atoms with Crippen molar-refractivity contribution in [3.63, 3.8) is 0 Å². The number of piperazine rings is 1. The number of carbonyl (C=O) groups is 1. The Morgan fingerprint density at radius 2 is 1.83 bits per heavy atom. The molecule has 2 atom stereocenters. The largest absolute Gasteiger partial charge is 0.352 e. The van der Waals surface area contributed by atoms with Crippen molar-refractivity contribution in [2.75, 3.05) is 31.5 Å². The number of nitrogens with zero attached hydrogens (tertiary/aromatic N) is 7. The summed E-state index contributed by atoms with van der Waals surface area (Å²) in [5.41, 5.74) is 2.98. The van der Waals surface area contributed by atoms with Crippen LogP contribution in [0.4, 0.5) is 15.9 Å². The lowest BCUT2D eigenvalue weighted by Gasteiger charge is -2.46. The second-order valence-corrected chi connectivity index (χ2v) is 14.3. The summed E-state index contributed by atoms with van der Waals surface area (Å²) in [7, 11) is -0.589. The molecule has 2 aliphatic rings. The number of anilines is 2. The Bertz CT molecular complexity index is 1850. The Morgan fingerprint density at radius 1 is 1.13 bits per heavy atom. The minimum absolute atomic E-state index is 0.0456. The van der Waals surface area contributed by atoms with Gasteiger partial charge in [-0.2, -0.15) is 12.7 Å². The number of pyridine rings is 2. The second-order valence-electron chi connectivity index (χ2n) is 12.4. The number of hydrogen-bond acceptors (Lipinski definition) is 7. The Balaban J connectivity index is 1.78. The van der Waals surface area contributed by atoms with E-state index >= 15 is 4.39 Å². The molecule has 10 nitrogen and oxygen atoms in total. The number of fused-ring (bicyclic) bond motifs is 1. The summed E-state index contributed by atoms with van der Waals surface area (Å²) in [6.45, 7) is 14.3. The van der Waals surface area contributed by atoms with E-state index in [2.05, 4.69) is 11.0 Å². The molecule has 0 spiro atoms. The molecular weight excluding hydrogens is 629 g/mol. The first kappa shape index (κ1) is 33.5. The summed E-state index contributed by atoms with van der Waals surface area (Å²) < 4.78 is 49.5. The maximum atomic E-state index is 15.1. The predicted molar refractivity (Wildman–Crippen MR) is 180 cm³/mol. The molecule has 1 aromatic carbocycles. The van der Waals surface area contributed by atoms with Crippen LogP contribution in [0, 0.1) is 12.7 Å². The van der Waals surface area contributed by atoms with Gasteiger partial charge in [0.05, 0.1) is 33.4 Å². The molecule has 5 rings (SSSR count). The lowest BCUT2D eigenvalue weighted by atomic mass is 10.0. The Kier molecular flexibility index (Phi) is 9.27. The smallest absolute Gasteiger partial charge is 0.349 e. The van der Waals surface area contributed by atoms with Gasteiger partial charge in [0, 0.05) is 37.3 Å². The molecule has 13 heteroatoms. The minimum Gasteiger partial charge on any atom is -0.349 e.